The lowest BCUT2D eigenvalue weighted by atomic mass is 10.0. The smallest absolute Gasteiger partial charge is 0.340 e. The summed E-state index contributed by atoms with van der Waals surface area (Å²) in [6.45, 7) is 2.47. The van der Waals surface area contributed by atoms with Gasteiger partial charge in [-0.3, -0.25) is 4.79 Å². The summed E-state index contributed by atoms with van der Waals surface area (Å²) in [4.78, 5) is 25.8. The molecule has 0 unspecified atom stereocenters. The number of nitrogens with two attached hydrogens (primary N) is 1. The molecule has 0 bridgehead atoms. The Morgan fingerprint density at radius 3 is 2.86 bits per heavy atom. The Balaban J connectivity index is 1.92. The van der Waals surface area contributed by atoms with Crippen molar-refractivity contribution in [1.82, 2.24) is 4.90 Å². The van der Waals surface area contributed by atoms with Crippen LogP contribution in [0.3, 0.4) is 0 Å². The second-order valence-electron chi connectivity index (χ2n) is 5.24. The highest BCUT2D eigenvalue weighted by molar-refractivity contribution is 6.31. The Morgan fingerprint density at radius 1 is 1.43 bits per heavy atom. The summed E-state index contributed by atoms with van der Waals surface area (Å²) < 4.78 is 5.06. The van der Waals surface area contributed by atoms with Crippen LogP contribution in [0.5, 0.6) is 0 Å². The van der Waals surface area contributed by atoms with Gasteiger partial charge in [-0.25, -0.2) is 4.79 Å². The number of anilines is 1. The van der Waals surface area contributed by atoms with E-state index in [2.05, 4.69) is 0 Å². The molecule has 1 aliphatic rings. The molecular weight excluding hydrogens is 292 g/mol. The fraction of sp³-hybridized carbons (Fsp3) is 0.467. The van der Waals surface area contributed by atoms with Crippen LogP contribution < -0.4 is 5.73 Å². The molecule has 1 fully saturated rings. The zero-order valence-electron chi connectivity index (χ0n) is 12.0. The number of nitrogen functional groups attached to an aromatic ring is 1. The normalized spacial score (nSPS) is 18.4. The summed E-state index contributed by atoms with van der Waals surface area (Å²) in [5.74, 6) is -0.773. The number of halogens is 1. The van der Waals surface area contributed by atoms with Crippen molar-refractivity contribution in [2.45, 2.75) is 32.2 Å². The molecule has 1 atom stereocenters. The molecule has 1 aromatic rings. The molecule has 1 heterocycles. The predicted octanol–water partition coefficient (Wildman–Crippen LogP) is 2.48. The Bertz CT molecular complexity index is 548. The zero-order chi connectivity index (χ0) is 15.4. The van der Waals surface area contributed by atoms with E-state index >= 15 is 0 Å². The standard InChI is InChI=1S/C15H19ClN2O3/c1-10-4-2-3-7-18(10)14(19)9-21-15(20)12-6-5-11(16)8-13(12)17/h5-6,8,10H,2-4,7,9,17H2,1H3/t10-/m0/s1. The molecule has 5 nitrogen and oxygen atoms in total. The monoisotopic (exact) mass is 310 g/mol. The van der Waals surface area contributed by atoms with Gasteiger partial charge in [0.15, 0.2) is 6.61 Å². The van der Waals surface area contributed by atoms with Crippen LogP contribution in [0.4, 0.5) is 5.69 Å². The molecule has 1 aromatic carbocycles. The third-order valence-corrected chi connectivity index (χ3v) is 3.92. The van der Waals surface area contributed by atoms with Gasteiger partial charge in [0.05, 0.1) is 5.56 Å². The van der Waals surface area contributed by atoms with Crippen molar-refractivity contribution in [3.63, 3.8) is 0 Å². The number of carbonyl (C=O) groups is 2. The number of benzene rings is 1. The fourth-order valence-electron chi connectivity index (χ4n) is 2.48. The molecule has 0 radical (unpaired) electrons. The van der Waals surface area contributed by atoms with Crippen molar-refractivity contribution < 1.29 is 14.3 Å². The molecule has 0 aromatic heterocycles. The number of likely N-dealkylation sites (tertiary alicyclic amines) is 1. The van der Waals surface area contributed by atoms with Crippen LogP contribution in [-0.2, 0) is 9.53 Å². The third-order valence-electron chi connectivity index (χ3n) is 3.68. The molecule has 0 spiro atoms. The Kier molecular flexibility index (Phi) is 5.07. The Morgan fingerprint density at radius 2 is 2.19 bits per heavy atom. The van der Waals surface area contributed by atoms with Crippen LogP contribution in [-0.4, -0.2) is 36.0 Å². The Labute approximate surface area is 129 Å². The van der Waals surface area contributed by atoms with Crippen molar-refractivity contribution in [2.75, 3.05) is 18.9 Å². The van der Waals surface area contributed by atoms with Gasteiger partial charge in [0.25, 0.3) is 5.91 Å². The number of carbonyl (C=O) groups excluding carboxylic acids is 2. The van der Waals surface area contributed by atoms with Gasteiger partial charge >= 0.3 is 5.97 Å². The summed E-state index contributed by atoms with van der Waals surface area (Å²) in [7, 11) is 0. The van der Waals surface area contributed by atoms with Gasteiger partial charge < -0.3 is 15.4 Å². The number of amides is 1. The van der Waals surface area contributed by atoms with Crippen LogP contribution >= 0.6 is 11.6 Å². The minimum Gasteiger partial charge on any atom is -0.452 e. The first kappa shape index (κ1) is 15.6. The maximum Gasteiger partial charge on any atom is 0.340 e. The van der Waals surface area contributed by atoms with Crippen molar-refractivity contribution in [3.05, 3.63) is 28.8 Å². The van der Waals surface area contributed by atoms with E-state index in [0.29, 0.717) is 5.02 Å². The predicted molar refractivity (Wildman–Crippen MR) is 81.2 cm³/mol. The maximum atomic E-state index is 12.1. The Hall–Kier alpha value is -1.75. The quantitative estimate of drug-likeness (QED) is 0.687. The maximum absolute atomic E-state index is 12.1. The molecule has 1 aliphatic heterocycles. The molecule has 2 rings (SSSR count). The van der Waals surface area contributed by atoms with Gasteiger partial charge in [-0.15, -0.1) is 0 Å². The van der Waals surface area contributed by atoms with Gasteiger partial charge in [-0.05, 0) is 44.4 Å². The summed E-state index contributed by atoms with van der Waals surface area (Å²) >= 11 is 5.77. The lowest BCUT2D eigenvalue weighted by Gasteiger charge is -2.33. The van der Waals surface area contributed by atoms with Gasteiger partial charge in [-0.1, -0.05) is 11.6 Å². The number of ether oxygens (including phenoxy) is 1. The number of esters is 1. The molecule has 21 heavy (non-hydrogen) atoms. The molecule has 114 valence electrons. The van der Waals surface area contributed by atoms with Crippen molar-refractivity contribution in [1.29, 1.82) is 0 Å². The van der Waals surface area contributed by atoms with Gasteiger partial charge in [-0.2, -0.15) is 0 Å². The largest absolute Gasteiger partial charge is 0.452 e. The van der Waals surface area contributed by atoms with Crippen LogP contribution in [0, 0.1) is 0 Å². The van der Waals surface area contributed by atoms with Crippen LogP contribution in [0.15, 0.2) is 18.2 Å². The van der Waals surface area contributed by atoms with E-state index in [9.17, 15) is 9.59 Å². The second-order valence-corrected chi connectivity index (χ2v) is 5.68. The van der Waals surface area contributed by atoms with Gasteiger partial charge in [0.1, 0.15) is 0 Å². The molecule has 0 saturated carbocycles. The van der Waals surface area contributed by atoms with E-state index < -0.39 is 5.97 Å². The minimum absolute atomic E-state index is 0.164. The molecule has 6 heteroatoms. The first-order valence-electron chi connectivity index (χ1n) is 7.00. The van der Waals surface area contributed by atoms with Crippen LogP contribution in [0.25, 0.3) is 0 Å². The van der Waals surface area contributed by atoms with E-state index in [1.807, 2.05) is 6.92 Å². The number of piperidine rings is 1. The molecule has 2 N–H and O–H groups in total. The van der Waals surface area contributed by atoms with Crippen molar-refractivity contribution >= 4 is 29.2 Å². The number of nitrogens with zero attached hydrogens (tertiary/aromatic N) is 1. The SMILES string of the molecule is C[C@H]1CCCCN1C(=O)COC(=O)c1ccc(Cl)cc1N. The third kappa shape index (κ3) is 3.88. The van der Waals surface area contributed by atoms with E-state index in [1.54, 1.807) is 11.0 Å². The first-order chi connectivity index (χ1) is 9.99. The highest BCUT2D eigenvalue weighted by Crippen LogP contribution is 2.19. The van der Waals surface area contributed by atoms with Gasteiger partial charge in [0.2, 0.25) is 0 Å². The highest BCUT2D eigenvalue weighted by atomic mass is 35.5. The van der Waals surface area contributed by atoms with Gasteiger partial charge in [0, 0.05) is 23.3 Å². The lowest BCUT2D eigenvalue weighted by Crippen LogP contribution is -2.44. The summed E-state index contributed by atoms with van der Waals surface area (Å²) in [5, 5.41) is 0.447. The molecule has 1 amide bonds. The minimum atomic E-state index is -0.609. The first-order valence-corrected chi connectivity index (χ1v) is 7.38. The van der Waals surface area contributed by atoms with E-state index in [4.69, 9.17) is 22.1 Å². The average molecular weight is 311 g/mol. The molecule has 1 saturated heterocycles. The average Bonchev–Trinajstić information content (AvgIpc) is 2.45. The summed E-state index contributed by atoms with van der Waals surface area (Å²) in [6.07, 6.45) is 3.12. The number of hydrogen-bond acceptors (Lipinski definition) is 4. The zero-order valence-corrected chi connectivity index (χ0v) is 12.7. The van der Waals surface area contributed by atoms with Crippen LogP contribution in [0.1, 0.15) is 36.5 Å². The second kappa shape index (κ2) is 6.80. The summed E-state index contributed by atoms with van der Waals surface area (Å²) in [6, 6.07) is 4.73. The molecular formula is C15H19ClN2O3. The number of hydrogen-bond donors (Lipinski definition) is 1. The van der Waals surface area contributed by atoms with E-state index in [1.165, 1.54) is 12.1 Å². The lowest BCUT2D eigenvalue weighted by molar-refractivity contribution is -0.137. The van der Waals surface area contributed by atoms with Crippen molar-refractivity contribution in [2.24, 2.45) is 0 Å². The number of rotatable bonds is 3. The fourth-order valence-corrected chi connectivity index (χ4v) is 2.66. The highest BCUT2D eigenvalue weighted by Gasteiger charge is 2.24. The van der Waals surface area contributed by atoms with Crippen molar-refractivity contribution in [3.8, 4) is 0 Å². The summed E-state index contributed by atoms with van der Waals surface area (Å²) in [5.41, 5.74) is 6.18. The van der Waals surface area contributed by atoms with E-state index in [0.717, 1.165) is 25.8 Å². The molecule has 0 aliphatic carbocycles. The van der Waals surface area contributed by atoms with E-state index in [-0.39, 0.29) is 29.8 Å². The topological polar surface area (TPSA) is 72.6 Å². The van der Waals surface area contributed by atoms with Crippen LogP contribution in [0.2, 0.25) is 5.02 Å².